The molecule has 1 rings (SSSR count). The van der Waals surface area contributed by atoms with Crippen molar-refractivity contribution >= 4 is 5.91 Å². The molecule has 2 N–H and O–H groups in total. The summed E-state index contributed by atoms with van der Waals surface area (Å²) >= 11 is 0. The van der Waals surface area contributed by atoms with Crippen molar-refractivity contribution in [3.05, 3.63) is 35.6 Å². The van der Waals surface area contributed by atoms with E-state index in [1.165, 1.54) is 6.07 Å². The number of rotatable bonds is 5. The van der Waals surface area contributed by atoms with Gasteiger partial charge in [-0.25, -0.2) is 4.39 Å². The minimum Gasteiger partial charge on any atom is -0.342 e. The van der Waals surface area contributed by atoms with Crippen LogP contribution in [0.15, 0.2) is 24.3 Å². The van der Waals surface area contributed by atoms with Gasteiger partial charge in [-0.15, -0.1) is 0 Å². The maximum absolute atomic E-state index is 13.4. The normalized spacial score (nSPS) is 11.6. The van der Waals surface area contributed by atoms with Gasteiger partial charge in [-0.3, -0.25) is 4.79 Å². The van der Waals surface area contributed by atoms with Gasteiger partial charge in [0.2, 0.25) is 5.91 Å². The van der Waals surface area contributed by atoms with Crippen molar-refractivity contribution in [2.75, 3.05) is 13.1 Å². The summed E-state index contributed by atoms with van der Waals surface area (Å²) in [7, 11) is 0. The third kappa shape index (κ3) is 4.21. The van der Waals surface area contributed by atoms with Crippen molar-refractivity contribution in [3.63, 3.8) is 0 Å². The first-order valence-electron chi connectivity index (χ1n) is 5.26. The molecule has 0 aliphatic heterocycles. The Hall–Kier alpha value is -1.93. The molecule has 0 saturated carbocycles. The van der Waals surface area contributed by atoms with Crippen molar-refractivity contribution in [1.82, 2.24) is 10.6 Å². The zero-order chi connectivity index (χ0) is 12.7. The van der Waals surface area contributed by atoms with E-state index in [9.17, 15) is 9.18 Å². The Kier molecular flexibility index (Phi) is 5.11. The summed E-state index contributed by atoms with van der Waals surface area (Å²) in [6, 6.07) is 7.95. The van der Waals surface area contributed by atoms with Crippen LogP contribution in [0.25, 0.3) is 0 Å². The molecule has 0 unspecified atom stereocenters. The zero-order valence-corrected chi connectivity index (χ0v) is 9.53. The number of carbonyl (C=O) groups excluding carboxylic acids is 1. The van der Waals surface area contributed by atoms with E-state index in [0.29, 0.717) is 5.56 Å². The Balaban J connectivity index is 2.45. The summed E-state index contributed by atoms with van der Waals surface area (Å²) in [4.78, 5) is 11.2. The van der Waals surface area contributed by atoms with Gasteiger partial charge in [0.1, 0.15) is 12.4 Å². The van der Waals surface area contributed by atoms with E-state index in [1.54, 1.807) is 25.1 Å². The molecule has 0 radical (unpaired) electrons. The third-order valence-electron chi connectivity index (χ3n) is 2.31. The first-order chi connectivity index (χ1) is 8.15. The average Bonchev–Trinajstić information content (AvgIpc) is 2.34. The van der Waals surface area contributed by atoms with Crippen molar-refractivity contribution in [1.29, 1.82) is 5.26 Å². The number of hydrogen-bond donors (Lipinski definition) is 2. The largest absolute Gasteiger partial charge is 0.342 e. The van der Waals surface area contributed by atoms with Crippen LogP contribution in [0.1, 0.15) is 18.5 Å². The van der Waals surface area contributed by atoms with Crippen molar-refractivity contribution in [2.24, 2.45) is 0 Å². The van der Waals surface area contributed by atoms with Gasteiger partial charge in [-0.2, -0.15) is 5.26 Å². The summed E-state index contributed by atoms with van der Waals surface area (Å²) in [5.74, 6) is -0.584. The van der Waals surface area contributed by atoms with Gasteiger partial charge < -0.3 is 10.6 Å². The molecule has 0 heterocycles. The van der Waals surface area contributed by atoms with Crippen LogP contribution in [0.4, 0.5) is 4.39 Å². The van der Waals surface area contributed by atoms with Crippen LogP contribution in [-0.4, -0.2) is 19.0 Å². The molecule has 4 nitrogen and oxygen atoms in total. The lowest BCUT2D eigenvalue weighted by molar-refractivity contribution is -0.120. The monoisotopic (exact) mass is 235 g/mol. The lowest BCUT2D eigenvalue weighted by Gasteiger charge is -2.14. The van der Waals surface area contributed by atoms with E-state index in [4.69, 9.17) is 5.26 Å². The van der Waals surface area contributed by atoms with Crippen LogP contribution < -0.4 is 10.6 Å². The first-order valence-corrected chi connectivity index (χ1v) is 5.26. The van der Waals surface area contributed by atoms with Gasteiger partial charge in [-0.05, 0) is 13.0 Å². The third-order valence-corrected chi connectivity index (χ3v) is 2.31. The number of halogens is 1. The lowest BCUT2D eigenvalue weighted by atomic mass is 10.1. The molecule has 0 aliphatic rings. The van der Waals surface area contributed by atoms with E-state index in [0.717, 1.165) is 0 Å². The zero-order valence-electron chi connectivity index (χ0n) is 9.53. The molecule has 0 saturated heterocycles. The molecule has 0 aromatic heterocycles. The summed E-state index contributed by atoms with van der Waals surface area (Å²) in [5.41, 5.74) is 0.514. The Morgan fingerprint density at radius 1 is 1.53 bits per heavy atom. The van der Waals surface area contributed by atoms with Gasteiger partial charge in [-0.1, -0.05) is 18.2 Å². The van der Waals surface area contributed by atoms with Crippen molar-refractivity contribution in [2.45, 2.75) is 13.0 Å². The topological polar surface area (TPSA) is 64.9 Å². The Labute approximate surface area is 99.4 Å². The molecule has 1 aromatic rings. The Bertz CT molecular complexity index is 428. The van der Waals surface area contributed by atoms with E-state index in [1.807, 2.05) is 6.07 Å². The minimum atomic E-state index is -0.301. The number of nitriles is 1. The summed E-state index contributed by atoms with van der Waals surface area (Å²) in [6.45, 7) is 1.81. The summed E-state index contributed by atoms with van der Waals surface area (Å²) < 4.78 is 13.4. The second-order valence-corrected chi connectivity index (χ2v) is 3.56. The van der Waals surface area contributed by atoms with Crippen molar-refractivity contribution < 1.29 is 9.18 Å². The van der Waals surface area contributed by atoms with Gasteiger partial charge in [0.15, 0.2) is 0 Å². The molecular weight excluding hydrogens is 221 g/mol. The molecule has 0 fully saturated rings. The lowest BCUT2D eigenvalue weighted by Crippen LogP contribution is -2.35. The smallest absolute Gasteiger partial charge is 0.234 e. The van der Waals surface area contributed by atoms with Crippen LogP contribution in [-0.2, 0) is 4.79 Å². The van der Waals surface area contributed by atoms with Crippen LogP contribution >= 0.6 is 0 Å². The molecule has 5 heteroatoms. The standard InChI is InChI=1S/C12H14FN3O/c1-9(10-4-2-3-5-11(10)13)16-8-12(17)15-7-6-14/h2-5,9,16H,7-8H2,1H3,(H,15,17)/t9-/m1/s1. The number of nitrogens with one attached hydrogen (secondary N) is 2. The van der Waals surface area contributed by atoms with Crippen LogP contribution in [0.3, 0.4) is 0 Å². The number of amides is 1. The highest BCUT2D eigenvalue weighted by Crippen LogP contribution is 2.15. The highest BCUT2D eigenvalue weighted by atomic mass is 19.1. The molecule has 1 aromatic carbocycles. The minimum absolute atomic E-state index is 0.0193. The highest BCUT2D eigenvalue weighted by Gasteiger charge is 2.10. The van der Waals surface area contributed by atoms with Gasteiger partial charge in [0.25, 0.3) is 0 Å². The number of nitrogens with zero attached hydrogens (tertiary/aromatic N) is 1. The van der Waals surface area contributed by atoms with E-state index < -0.39 is 0 Å². The van der Waals surface area contributed by atoms with E-state index in [2.05, 4.69) is 10.6 Å². The Morgan fingerprint density at radius 2 is 2.24 bits per heavy atom. The number of benzene rings is 1. The quantitative estimate of drug-likeness (QED) is 0.751. The van der Waals surface area contributed by atoms with Gasteiger partial charge in [0.05, 0.1) is 12.6 Å². The van der Waals surface area contributed by atoms with Crippen LogP contribution in [0.2, 0.25) is 0 Å². The van der Waals surface area contributed by atoms with Crippen molar-refractivity contribution in [3.8, 4) is 6.07 Å². The summed E-state index contributed by atoms with van der Waals surface area (Å²) in [5, 5.41) is 13.6. The molecule has 0 bridgehead atoms. The van der Waals surface area contributed by atoms with E-state index >= 15 is 0 Å². The summed E-state index contributed by atoms with van der Waals surface area (Å²) in [6.07, 6.45) is 0. The molecule has 0 aliphatic carbocycles. The first kappa shape index (κ1) is 13.1. The predicted molar refractivity (Wildman–Crippen MR) is 61.4 cm³/mol. The SMILES string of the molecule is C[C@@H](NCC(=O)NCC#N)c1ccccc1F. The Morgan fingerprint density at radius 3 is 2.88 bits per heavy atom. The van der Waals surface area contributed by atoms with Gasteiger partial charge >= 0.3 is 0 Å². The molecule has 90 valence electrons. The fourth-order valence-corrected chi connectivity index (χ4v) is 1.38. The van der Waals surface area contributed by atoms with Crippen LogP contribution in [0, 0.1) is 17.1 Å². The molecule has 1 atom stereocenters. The fraction of sp³-hybridized carbons (Fsp3) is 0.333. The maximum Gasteiger partial charge on any atom is 0.234 e. The second kappa shape index (κ2) is 6.61. The number of carbonyl (C=O) groups is 1. The second-order valence-electron chi connectivity index (χ2n) is 3.56. The predicted octanol–water partition coefficient (Wildman–Crippen LogP) is 1.12. The average molecular weight is 235 g/mol. The van der Waals surface area contributed by atoms with Crippen LogP contribution in [0.5, 0.6) is 0 Å². The van der Waals surface area contributed by atoms with E-state index in [-0.39, 0.29) is 30.9 Å². The molecular formula is C12H14FN3O. The highest BCUT2D eigenvalue weighted by molar-refractivity contribution is 5.78. The maximum atomic E-state index is 13.4. The molecule has 1 amide bonds. The number of hydrogen-bond acceptors (Lipinski definition) is 3. The molecule has 0 spiro atoms. The fourth-order valence-electron chi connectivity index (χ4n) is 1.38. The van der Waals surface area contributed by atoms with Gasteiger partial charge in [0, 0.05) is 11.6 Å². The molecule has 17 heavy (non-hydrogen) atoms.